The zero-order chi connectivity index (χ0) is 16.4. The molecule has 0 spiro atoms. The molecule has 22 heavy (non-hydrogen) atoms. The van der Waals surface area contributed by atoms with E-state index in [-0.39, 0.29) is 30.0 Å². The van der Waals surface area contributed by atoms with Gasteiger partial charge >= 0.3 is 0 Å². The van der Waals surface area contributed by atoms with Crippen molar-refractivity contribution in [2.24, 2.45) is 0 Å². The molecule has 2 rings (SSSR count). The van der Waals surface area contributed by atoms with Crippen LogP contribution in [0.3, 0.4) is 0 Å². The monoisotopic (exact) mass is 344 g/mol. The molecule has 1 heterocycles. The molecule has 1 aromatic rings. The summed E-state index contributed by atoms with van der Waals surface area (Å²) in [6, 6.07) is 7.39. The highest BCUT2D eigenvalue weighted by molar-refractivity contribution is 7.91. The molecular formula is C15H21ClN2O3S. The fourth-order valence-electron chi connectivity index (χ4n) is 2.67. The molecule has 0 aromatic heterocycles. The number of sulfone groups is 1. The van der Waals surface area contributed by atoms with E-state index in [1.165, 1.54) is 0 Å². The van der Waals surface area contributed by atoms with Crippen LogP contribution in [-0.2, 0) is 14.6 Å². The third kappa shape index (κ3) is 4.44. The lowest BCUT2D eigenvalue weighted by atomic mass is 10.0. The molecule has 2 N–H and O–H groups in total. The van der Waals surface area contributed by atoms with Crippen molar-refractivity contribution in [1.82, 2.24) is 10.6 Å². The quantitative estimate of drug-likeness (QED) is 0.852. The van der Waals surface area contributed by atoms with Gasteiger partial charge in [0.25, 0.3) is 0 Å². The van der Waals surface area contributed by atoms with Crippen LogP contribution in [0.1, 0.15) is 31.9 Å². The predicted molar refractivity (Wildman–Crippen MR) is 87.7 cm³/mol. The Balaban J connectivity index is 1.87. The number of hydrogen-bond acceptors (Lipinski definition) is 4. The van der Waals surface area contributed by atoms with E-state index in [0.717, 1.165) is 5.56 Å². The van der Waals surface area contributed by atoms with E-state index in [9.17, 15) is 13.2 Å². The van der Waals surface area contributed by atoms with Gasteiger partial charge in [-0.1, -0.05) is 29.8 Å². The second-order valence-corrected chi connectivity index (χ2v) is 8.67. The Labute approximate surface area is 136 Å². The van der Waals surface area contributed by atoms with Gasteiger partial charge in [0.15, 0.2) is 9.84 Å². The van der Waals surface area contributed by atoms with E-state index in [1.54, 1.807) is 13.0 Å². The lowest BCUT2D eigenvalue weighted by Crippen LogP contribution is -2.49. The van der Waals surface area contributed by atoms with Crippen molar-refractivity contribution < 1.29 is 13.2 Å². The Morgan fingerprint density at radius 2 is 2.09 bits per heavy atom. The molecular weight excluding hydrogens is 324 g/mol. The SMILES string of the molecule is C[C@@H](NCC(=O)N[C@@]1(C)CCS(=O)(=O)C1)c1ccccc1Cl. The number of rotatable bonds is 5. The third-order valence-electron chi connectivity index (χ3n) is 3.89. The van der Waals surface area contributed by atoms with Crippen molar-refractivity contribution in [2.75, 3.05) is 18.1 Å². The summed E-state index contributed by atoms with van der Waals surface area (Å²) < 4.78 is 23.1. The van der Waals surface area contributed by atoms with Crippen molar-refractivity contribution in [3.63, 3.8) is 0 Å². The van der Waals surface area contributed by atoms with Crippen molar-refractivity contribution in [1.29, 1.82) is 0 Å². The van der Waals surface area contributed by atoms with Gasteiger partial charge < -0.3 is 10.6 Å². The van der Waals surface area contributed by atoms with Gasteiger partial charge in [-0.3, -0.25) is 4.79 Å². The average molecular weight is 345 g/mol. The van der Waals surface area contributed by atoms with Gasteiger partial charge in [0.1, 0.15) is 0 Å². The summed E-state index contributed by atoms with van der Waals surface area (Å²) >= 11 is 6.12. The van der Waals surface area contributed by atoms with Crippen LogP contribution in [0.4, 0.5) is 0 Å². The minimum atomic E-state index is -3.03. The van der Waals surface area contributed by atoms with Crippen LogP contribution in [-0.4, -0.2) is 37.9 Å². The number of hydrogen-bond donors (Lipinski definition) is 2. The van der Waals surface area contributed by atoms with Gasteiger partial charge in [-0.05, 0) is 31.9 Å². The summed E-state index contributed by atoms with van der Waals surface area (Å²) in [4.78, 5) is 12.0. The van der Waals surface area contributed by atoms with Gasteiger partial charge in [0.2, 0.25) is 5.91 Å². The first kappa shape index (κ1) is 17.2. The first-order chi connectivity index (χ1) is 10.2. The standard InChI is InChI=1S/C15H21ClN2O3S/c1-11(12-5-3-4-6-13(12)16)17-9-14(19)18-15(2)7-8-22(20,21)10-15/h3-6,11,17H,7-10H2,1-2H3,(H,18,19)/t11-,15+/m1/s1. The van der Waals surface area contributed by atoms with Gasteiger partial charge in [0.05, 0.1) is 23.6 Å². The Kier molecular flexibility index (Phi) is 5.14. The normalized spacial score (nSPS) is 24.9. The van der Waals surface area contributed by atoms with Crippen LogP contribution in [0.2, 0.25) is 5.02 Å². The average Bonchev–Trinajstić information content (AvgIpc) is 2.70. The van der Waals surface area contributed by atoms with Gasteiger partial charge in [-0.25, -0.2) is 8.42 Å². The molecule has 7 heteroatoms. The van der Waals surface area contributed by atoms with E-state index in [2.05, 4.69) is 10.6 Å². The van der Waals surface area contributed by atoms with E-state index in [0.29, 0.717) is 11.4 Å². The zero-order valence-electron chi connectivity index (χ0n) is 12.7. The molecule has 5 nitrogen and oxygen atoms in total. The minimum Gasteiger partial charge on any atom is -0.349 e. The second-order valence-electron chi connectivity index (χ2n) is 6.07. The largest absolute Gasteiger partial charge is 0.349 e. The van der Waals surface area contributed by atoms with E-state index < -0.39 is 15.4 Å². The maximum Gasteiger partial charge on any atom is 0.234 e. The molecule has 1 fully saturated rings. The summed E-state index contributed by atoms with van der Waals surface area (Å²) in [5.41, 5.74) is 0.261. The van der Waals surface area contributed by atoms with Crippen molar-refractivity contribution in [2.45, 2.75) is 31.8 Å². The molecule has 122 valence electrons. The molecule has 1 saturated heterocycles. The summed E-state index contributed by atoms with van der Waals surface area (Å²) in [6.45, 7) is 3.81. The Bertz CT molecular complexity index is 663. The van der Waals surface area contributed by atoms with Crippen LogP contribution in [0.25, 0.3) is 0 Å². The fraction of sp³-hybridized carbons (Fsp3) is 0.533. The summed E-state index contributed by atoms with van der Waals surface area (Å²) in [7, 11) is -3.03. The third-order valence-corrected chi connectivity index (χ3v) is 6.13. The van der Waals surface area contributed by atoms with Gasteiger partial charge in [-0.15, -0.1) is 0 Å². The number of benzene rings is 1. The van der Waals surface area contributed by atoms with Crippen LogP contribution >= 0.6 is 11.6 Å². The maximum atomic E-state index is 12.0. The Morgan fingerprint density at radius 3 is 2.68 bits per heavy atom. The number of amides is 1. The van der Waals surface area contributed by atoms with E-state index in [4.69, 9.17) is 11.6 Å². The molecule has 0 saturated carbocycles. The number of halogens is 1. The Morgan fingerprint density at radius 1 is 1.41 bits per heavy atom. The maximum absolute atomic E-state index is 12.0. The molecule has 2 atom stereocenters. The number of carbonyl (C=O) groups excluding carboxylic acids is 1. The molecule has 1 amide bonds. The highest BCUT2D eigenvalue weighted by Gasteiger charge is 2.39. The first-order valence-corrected chi connectivity index (χ1v) is 9.40. The van der Waals surface area contributed by atoms with Crippen LogP contribution < -0.4 is 10.6 Å². The van der Waals surface area contributed by atoms with Crippen LogP contribution in [0.5, 0.6) is 0 Å². The zero-order valence-corrected chi connectivity index (χ0v) is 14.3. The molecule has 1 aromatic carbocycles. The van der Waals surface area contributed by atoms with Crippen LogP contribution in [0, 0.1) is 0 Å². The molecule has 0 radical (unpaired) electrons. The summed E-state index contributed by atoms with van der Waals surface area (Å²) in [6.07, 6.45) is 0.459. The summed E-state index contributed by atoms with van der Waals surface area (Å²) in [5.74, 6) is -0.0718. The molecule has 0 bridgehead atoms. The molecule has 0 aliphatic carbocycles. The van der Waals surface area contributed by atoms with Crippen LogP contribution in [0.15, 0.2) is 24.3 Å². The highest BCUT2D eigenvalue weighted by Crippen LogP contribution is 2.23. The van der Waals surface area contributed by atoms with Crippen molar-refractivity contribution >= 4 is 27.3 Å². The summed E-state index contributed by atoms with van der Waals surface area (Å²) in [5, 5.41) is 6.57. The smallest absolute Gasteiger partial charge is 0.234 e. The fourth-order valence-corrected chi connectivity index (χ4v) is 5.06. The number of nitrogens with one attached hydrogen (secondary N) is 2. The van der Waals surface area contributed by atoms with Gasteiger partial charge in [0, 0.05) is 11.1 Å². The number of carbonyl (C=O) groups is 1. The second kappa shape index (κ2) is 6.56. The van der Waals surface area contributed by atoms with Crippen molar-refractivity contribution in [3.8, 4) is 0 Å². The predicted octanol–water partition coefficient (Wildman–Crippen LogP) is 1.68. The topological polar surface area (TPSA) is 75.3 Å². The lowest BCUT2D eigenvalue weighted by molar-refractivity contribution is -0.121. The molecule has 0 unspecified atom stereocenters. The lowest BCUT2D eigenvalue weighted by Gasteiger charge is -2.24. The molecule has 1 aliphatic heterocycles. The Hall–Kier alpha value is -1.11. The van der Waals surface area contributed by atoms with E-state index in [1.807, 2.05) is 25.1 Å². The highest BCUT2D eigenvalue weighted by atomic mass is 35.5. The van der Waals surface area contributed by atoms with Crippen molar-refractivity contribution in [3.05, 3.63) is 34.9 Å². The first-order valence-electron chi connectivity index (χ1n) is 7.20. The minimum absolute atomic E-state index is 0.00576. The van der Waals surface area contributed by atoms with Gasteiger partial charge in [-0.2, -0.15) is 0 Å². The van der Waals surface area contributed by atoms with E-state index >= 15 is 0 Å². The molecule has 1 aliphatic rings.